The minimum atomic E-state index is -0.977. The lowest BCUT2D eigenvalue weighted by Crippen LogP contribution is -1.98. The van der Waals surface area contributed by atoms with Gasteiger partial charge in [-0.1, -0.05) is 42.5 Å². The molecular weight excluding hydrogens is 316 g/mol. The van der Waals surface area contributed by atoms with Crippen LogP contribution >= 0.6 is 0 Å². The fourth-order valence-corrected chi connectivity index (χ4v) is 2.53. The van der Waals surface area contributed by atoms with E-state index in [1.165, 1.54) is 13.2 Å². The monoisotopic (exact) mass is 334 g/mol. The normalized spacial score (nSPS) is 10.3. The van der Waals surface area contributed by atoms with Gasteiger partial charge in [0.05, 0.1) is 12.7 Å². The van der Waals surface area contributed by atoms with Crippen LogP contribution < -0.4 is 9.47 Å². The van der Waals surface area contributed by atoms with Gasteiger partial charge in [-0.25, -0.2) is 4.79 Å². The minimum Gasteiger partial charge on any atom is -0.496 e. The Labute approximate surface area is 146 Å². The summed E-state index contributed by atoms with van der Waals surface area (Å²) in [5.74, 6) is 0.320. The maximum absolute atomic E-state index is 11.1. The Morgan fingerprint density at radius 3 is 2.32 bits per heavy atom. The van der Waals surface area contributed by atoms with Crippen LogP contribution in [0.15, 0.2) is 72.8 Å². The first-order valence-electron chi connectivity index (χ1n) is 7.86. The summed E-state index contributed by atoms with van der Waals surface area (Å²) in [7, 11) is 1.53. The van der Waals surface area contributed by atoms with E-state index in [-0.39, 0.29) is 5.56 Å². The highest BCUT2D eigenvalue weighted by Crippen LogP contribution is 2.32. The number of aromatic carboxylic acids is 1. The molecule has 0 amide bonds. The number of carboxylic acid groups (broad SMARTS) is 1. The Hall–Kier alpha value is -3.27. The summed E-state index contributed by atoms with van der Waals surface area (Å²) in [6.45, 7) is 0.511. The summed E-state index contributed by atoms with van der Waals surface area (Å²) in [5.41, 5.74) is 3.07. The van der Waals surface area contributed by atoms with Gasteiger partial charge in [-0.2, -0.15) is 0 Å². The zero-order chi connectivity index (χ0) is 17.6. The van der Waals surface area contributed by atoms with Crippen molar-refractivity contribution in [2.75, 3.05) is 7.11 Å². The Balaban J connectivity index is 1.77. The number of ether oxygens (including phenoxy) is 2. The van der Waals surface area contributed by atoms with E-state index in [1.807, 2.05) is 54.6 Å². The van der Waals surface area contributed by atoms with E-state index >= 15 is 0 Å². The molecule has 4 nitrogen and oxygen atoms in total. The second-order valence-electron chi connectivity index (χ2n) is 5.52. The van der Waals surface area contributed by atoms with Crippen LogP contribution in [0.1, 0.15) is 15.9 Å². The first kappa shape index (κ1) is 16.6. The molecule has 1 N–H and O–H groups in total. The van der Waals surface area contributed by atoms with E-state index in [9.17, 15) is 4.79 Å². The molecule has 0 aliphatic rings. The molecule has 0 bridgehead atoms. The lowest BCUT2D eigenvalue weighted by Gasteiger charge is -2.11. The average Bonchev–Trinajstić information content (AvgIpc) is 2.67. The third-order valence-electron chi connectivity index (χ3n) is 3.86. The fraction of sp³-hybridized carbons (Fsp3) is 0.0952. The second-order valence-corrected chi connectivity index (χ2v) is 5.52. The third kappa shape index (κ3) is 3.98. The van der Waals surface area contributed by atoms with Crippen LogP contribution in [0.25, 0.3) is 11.1 Å². The predicted octanol–water partition coefficient (Wildman–Crippen LogP) is 4.64. The molecule has 25 heavy (non-hydrogen) atoms. The quantitative estimate of drug-likeness (QED) is 0.713. The zero-order valence-electron chi connectivity index (χ0n) is 13.8. The number of carbonyl (C=O) groups is 1. The van der Waals surface area contributed by atoms with E-state index in [2.05, 4.69) is 0 Å². The average molecular weight is 334 g/mol. The van der Waals surface area contributed by atoms with Gasteiger partial charge in [0.25, 0.3) is 0 Å². The van der Waals surface area contributed by atoms with Crippen molar-refractivity contribution in [1.29, 1.82) is 0 Å². The molecule has 0 saturated heterocycles. The number of benzene rings is 3. The van der Waals surface area contributed by atoms with Crippen molar-refractivity contribution in [3.63, 3.8) is 0 Å². The molecule has 126 valence electrons. The van der Waals surface area contributed by atoms with Gasteiger partial charge < -0.3 is 14.6 Å². The van der Waals surface area contributed by atoms with Crippen molar-refractivity contribution >= 4 is 5.97 Å². The summed E-state index contributed by atoms with van der Waals surface area (Å²) >= 11 is 0. The van der Waals surface area contributed by atoms with Gasteiger partial charge in [0.2, 0.25) is 0 Å². The summed E-state index contributed by atoms with van der Waals surface area (Å²) in [6.07, 6.45) is 0. The van der Waals surface area contributed by atoms with Crippen molar-refractivity contribution in [1.82, 2.24) is 0 Å². The minimum absolute atomic E-state index is 0.198. The Morgan fingerprint density at radius 1 is 0.960 bits per heavy atom. The van der Waals surface area contributed by atoms with Gasteiger partial charge in [0.15, 0.2) is 0 Å². The van der Waals surface area contributed by atoms with Crippen molar-refractivity contribution in [3.05, 3.63) is 83.9 Å². The number of hydrogen-bond donors (Lipinski definition) is 1. The lowest BCUT2D eigenvalue weighted by atomic mass is 10.0. The molecular formula is C21H18O4. The second kappa shape index (κ2) is 7.53. The molecule has 0 aliphatic heterocycles. The van der Waals surface area contributed by atoms with Crippen molar-refractivity contribution in [2.45, 2.75) is 6.61 Å². The molecule has 0 atom stereocenters. The smallest absolute Gasteiger partial charge is 0.335 e. The number of hydrogen-bond acceptors (Lipinski definition) is 3. The van der Waals surface area contributed by atoms with Gasteiger partial charge >= 0.3 is 5.97 Å². The number of carboxylic acids is 1. The lowest BCUT2D eigenvalue weighted by molar-refractivity contribution is 0.0696. The molecule has 0 fully saturated rings. The van der Waals surface area contributed by atoms with E-state index in [1.54, 1.807) is 12.1 Å². The van der Waals surface area contributed by atoms with Crippen molar-refractivity contribution < 1.29 is 19.4 Å². The van der Waals surface area contributed by atoms with Crippen molar-refractivity contribution in [3.8, 4) is 22.6 Å². The van der Waals surface area contributed by atoms with Crippen LogP contribution in [0.5, 0.6) is 11.5 Å². The summed E-state index contributed by atoms with van der Waals surface area (Å²) in [4.78, 5) is 11.1. The molecule has 3 aromatic rings. The van der Waals surface area contributed by atoms with Gasteiger partial charge in [-0.15, -0.1) is 0 Å². The van der Waals surface area contributed by atoms with Gasteiger partial charge in [-0.3, -0.25) is 0 Å². The molecule has 0 saturated carbocycles. The van der Waals surface area contributed by atoms with Gasteiger partial charge in [0.1, 0.15) is 18.1 Å². The van der Waals surface area contributed by atoms with Crippen LogP contribution in [0.2, 0.25) is 0 Å². The first-order valence-corrected chi connectivity index (χ1v) is 7.86. The van der Waals surface area contributed by atoms with Gasteiger partial charge in [0, 0.05) is 5.56 Å². The van der Waals surface area contributed by atoms with Crippen LogP contribution in [-0.2, 0) is 6.61 Å². The summed E-state index contributed by atoms with van der Waals surface area (Å²) in [5, 5.41) is 9.08. The summed E-state index contributed by atoms with van der Waals surface area (Å²) in [6, 6.07) is 22.5. The van der Waals surface area contributed by atoms with Crippen LogP contribution in [-0.4, -0.2) is 18.2 Å². The van der Waals surface area contributed by atoms with E-state index in [0.717, 1.165) is 22.4 Å². The maximum Gasteiger partial charge on any atom is 0.335 e. The molecule has 3 rings (SSSR count). The largest absolute Gasteiger partial charge is 0.496 e. The van der Waals surface area contributed by atoms with E-state index in [4.69, 9.17) is 14.6 Å². The Kier molecular flexibility index (Phi) is 5.00. The highest BCUT2D eigenvalue weighted by Gasteiger charge is 2.10. The first-order chi connectivity index (χ1) is 12.2. The van der Waals surface area contributed by atoms with E-state index in [0.29, 0.717) is 12.4 Å². The van der Waals surface area contributed by atoms with Gasteiger partial charge in [-0.05, 0) is 41.5 Å². The highest BCUT2D eigenvalue weighted by atomic mass is 16.5. The number of rotatable bonds is 6. The number of methoxy groups -OCH3 is 1. The highest BCUT2D eigenvalue weighted by molar-refractivity contribution is 5.89. The molecule has 0 unspecified atom stereocenters. The van der Waals surface area contributed by atoms with Crippen LogP contribution in [0, 0.1) is 0 Å². The Morgan fingerprint density at radius 2 is 1.68 bits per heavy atom. The standard InChI is InChI=1S/C21H18O4/c1-24-20-13-17(21(22)23)9-12-19(20)16-7-10-18(11-8-16)25-14-15-5-3-2-4-6-15/h2-13H,14H2,1H3,(H,22,23). The van der Waals surface area contributed by atoms with E-state index < -0.39 is 5.97 Å². The Bertz CT molecular complexity index is 855. The van der Waals surface area contributed by atoms with Crippen LogP contribution in [0.4, 0.5) is 0 Å². The topological polar surface area (TPSA) is 55.8 Å². The SMILES string of the molecule is COc1cc(C(=O)O)ccc1-c1ccc(OCc2ccccc2)cc1. The molecule has 0 aromatic heterocycles. The molecule has 0 spiro atoms. The zero-order valence-corrected chi connectivity index (χ0v) is 13.8. The molecule has 4 heteroatoms. The summed E-state index contributed by atoms with van der Waals surface area (Å²) < 4.78 is 11.1. The van der Waals surface area contributed by atoms with Crippen LogP contribution in [0.3, 0.4) is 0 Å². The molecule has 0 aliphatic carbocycles. The third-order valence-corrected chi connectivity index (χ3v) is 3.86. The molecule has 3 aromatic carbocycles. The predicted molar refractivity (Wildman–Crippen MR) is 96.2 cm³/mol. The fourth-order valence-electron chi connectivity index (χ4n) is 2.53. The maximum atomic E-state index is 11.1. The molecule has 0 radical (unpaired) electrons. The molecule has 0 heterocycles. The van der Waals surface area contributed by atoms with Crippen molar-refractivity contribution in [2.24, 2.45) is 0 Å².